The summed E-state index contributed by atoms with van der Waals surface area (Å²) in [5.74, 6) is 0.325. The normalized spacial score (nSPS) is 22.5. The Morgan fingerprint density at radius 1 is 1.47 bits per heavy atom. The van der Waals surface area contributed by atoms with E-state index in [1.54, 1.807) is 12.1 Å². The summed E-state index contributed by atoms with van der Waals surface area (Å²) in [6, 6.07) is 4.83. The predicted molar refractivity (Wildman–Crippen MR) is 78.2 cm³/mol. The minimum Gasteiger partial charge on any atom is -0.348 e. The van der Waals surface area contributed by atoms with Gasteiger partial charge in [0.1, 0.15) is 5.82 Å². The molecular formula is C15H20FNOS. The summed E-state index contributed by atoms with van der Waals surface area (Å²) < 4.78 is 13.7. The lowest BCUT2D eigenvalue weighted by Crippen LogP contribution is -2.39. The molecule has 0 heterocycles. The van der Waals surface area contributed by atoms with E-state index in [2.05, 4.69) is 12.2 Å². The standard InChI is InChI=1S/C15H20FNOS/c1-3-19-14-6-4-5-13(14)17-15(18)11-9-10(2)7-8-12(11)16/h7-9,13-14H,3-6H2,1-2H3,(H,17,18). The van der Waals surface area contributed by atoms with Crippen LogP contribution in [0, 0.1) is 12.7 Å². The molecule has 2 nitrogen and oxygen atoms in total. The van der Waals surface area contributed by atoms with Gasteiger partial charge in [-0.1, -0.05) is 25.0 Å². The minimum absolute atomic E-state index is 0.159. The summed E-state index contributed by atoms with van der Waals surface area (Å²) in [6.07, 6.45) is 3.27. The summed E-state index contributed by atoms with van der Waals surface area (Å²) in [7, 11) is 0. The molecule has 2 rings (SSSR count). The second-order valence-corrected chi connectivity index (χ2v) is 6.50. The lowest BCUT2D eigenvalue weighted by atomic mass is 10.1. The highest BCUT2D eigenvalue weighted by Gasteiger charge is 2.29. The highest BCUT2D eigenvalue weighted by Crippen LogP contribution is 2.30. The zero-order valence-corrected chi connectivity index (χ0v) is 12.2. The molecule has 2 unspecified atom stereocenters. The van der Waals surface area contributed by atoms with Gasteiger partial charge in [-0.15, -0.1) is 0 Å². The molecule has 1 amide bonds. The fourth-order valence-corrected chi connectivity index (χ4v) is 3.76. The molecule has 0 aliphatic heterocycles. The molecule has 0 bridgehead atoms. The monoisotopic (exact) mass is 281 g/mol. The quantitative estimate of drug-likeness (QED) is 0.914. The van der Waals surface area contributed by atoms with E-state index >= 15 is 0 Å². The Kier molecular flexibility index (Phi) is 4.86. The van der Waals surface area contributed by atoms with Crippen molar-refractivity contribution in [1.29, 1.82) is 0 Å². The number of rotatable bonds is 4. The van der Waals surface area contributed by atoms with Crippen molar-refractivity contribution in [1.82, 2.24) is 5.32 Å². The summed E-state index contributed by atoms with van der Waals surface area (Å²) in [4.78, 5) is 12.2. The first-order valence-corrected chi connectivity index (χ1v) is 7.85. The number of nitrogens with one attached hydrogen (secondary N) is 1. The number of carbonyl (C=O) groups excluding carboxylic acids is 1. The second kappa shape index (κ2) is 6.42. The van der Waals surface area contributed by atoms with Crippen molar-refractivity contribution in [2.24, 2.45) is 0 Å². The molecule has 0 aromatic heterocycles. The third-order valence-electron chi connectivity index (χ3n) is 3.52. The maximum Gasteiger partial charge on any atom is 0.254 e. The first-order valence-electron chi connectivity index (χ1n) is 6.80. The summed E-state index contributed by atoms with van der Waals surface area (Å²) >= 11 is 1.88. The zero-order chi connectivity index (χ0) is 13.8. The van der Waals surface area contributed by atoms with E-state index in [1.807, 2.05) is 18.7 Å². The van der Waals surface area contributed by atoms with E-state index in [0.717, 1.165) is 30.6 Å². The average Bonchev–Trinajstić information content (AvgIpc) is 2.80. The van der Waals surface area contributed by atoms with Gasteiger partial charge in [0.25, 0.3) is 5.91 Å². The number of amides is 1. The van der Waals surface area contributed by atoms with Gasteiger partial charge >= 0.3 is 0 Å². The maximum absolute atomic E-state index is 13.7. The summed E-state index contributed by atoms with van der Waals surface area (Å²) in [6.45, 7) is 3.99. The van der Waals surface area contributed by atoms with Crippen molar-refractivity contribution >= 4 is 17.7 Å². The van der Waals surface area contributed by atoms with Gasteiger partial charge in [-0.3, -0.25) is 4.79 Å². The number of thioether (sulfide) groups is 1. The van der Waals surface area contributed by atoms with Gasteiger partial charge in [-0.05, 0) is 37.7 Å². The van der Waals surface area contributed by atoms with Crippen LogP contribution >= 0.6 is 11.8 Å². The maximum atomic E-state index is 13.7. The minimum atomic E-state index is -0.444. The van der Waals surface area contributed by atoms with Gasteiger partial charge in [-0.25, -0.2) is 4.39 Å². The van der Waals surface area contributed by atoms with Gasteiger partial charge < -0.3 is 5.32 Å². The predicted octanol–water partition coefficient (Wildman–Crippen LogP) is 3.54. The van der Waals surface area contributed by atoms with Crippen LogP contribution in [0.2, 0.25) is 0 Å². The van der Waals surface area contributed by atoms with Crippen LogP contribution < -0.4 is 5.32 Å². The highest BCUT2D eigenvalue weighted by molar-refractivity contribution is 7.99. The van der Waals surface area contributed by atoms with Crippen LogP contribution in [0.4, 0.5) is 4.39 Å². The van der Waals surface area contributed by atoms with Crippen LogP contribution in [0.3, 0.4) is 0 Å². The smallest absolute Gasteiger partial charge is 0.254 e. The fourth-order valence-electron chi connectivity index (χ4n) is 2.56. The molecule has 104 valence electrons. The van der Waals surface area contributed by atoms with Crippen molar-refractivity contribution in [3.05, 3.63) is 35.1 Å². The van der Waals surface area contributed by atoms with Crippen molar-refractivity contribution in [3.8, 4) is 0 Å². The van der Waals surface area contributed by atoms with E-state index in [0.29, 0.717) is 5.25 Å². The summed E-state index contributed by atoms with van der Waals surface area (Å²) in [5, 5.41) is 3.47. The number of benzene rings is 1. The molecular weight excluding hydrogens is 261 g/mol. The fraction of sp³-hybridized carbons (Fsp3) is 0.533. The van der Waals surface area contributed by atoms with E-state index in [9.17, 15) is 9.18 Å². The van der Waals surface area contributed by atoms with Gasteiger partial charge in [0, 0.05) is 11.3 Å². The molecule has 1 aliphatic carbocycles. The molecule has 0 radical (unpaired) electrons. The second-order valence-electron chi connectivity index (χ2n) is 4.99. The van der Waals surface area contributed by atoms with E-state index in [4.69, 9.17) is 0 Å². The number of aryl methyl sites for hydroxylation is 1. The lowest BCUT2D eigenvalue weighted by molar-refractivity contribution is 0.0934. The van der Waals surface area contributed by atoms with Crippen LogP contribution in [0.5, 0.6) is 0 Å². The number of hydrogen-bond donors (Lipinski definition) is 1. The first-order chi connectivity index (χ1) is 9.11. The largest absolute Gasteiger partial charge is 0.348 e. The molecule has 1 aromatic carbocycles. The van der Waals surface area contributed by atoms with Crippen LogP contribution in [0.15, 0.2) is 18.2 Å². The summed E-state index contributed by atoms with van der Waals surface area (Å²) in [5.41, 5.74) is 1.06. The third-order valence-corrected chi connectivity index (χ3v) is 4.84. The number of halogens is 1. The van der Waals surface area contributed by atoms with Crippen molar-refractivity contribution in [2.45, 2.75) is 44.4 Å². The Morgan fingerprint density at radius 2 is 2.26 bits per heavy atom. The van der Waals surface area contributed by atoms with Gasteiger partial charge in [0.2, 0.25) is 0 Å². The van der Waals surface area contributed by atoms with Crippen LogP contribution in [0.1, 0.15) is 42.1 Å². The molecule has 0 saturated heterocycles. The molecule has 1 aliphatic rings. The Morgan fingerprint density at radius 3 is 3.00 bits per heavy atom. The Balaban J connectivity index is 2.06. The zero-order valence-electron chi connectivity index (χ0n) is 11.4. The molecule has 1 aromatic rings. The van der Waals surface area contributed by atoms with E-state index in [-0.39, 0.29) is 17.5 Å². The molecule has 0 spiro atoms. The number of carbonyl (C=O) groups is 1. The molecule has 19 heavy (non-hydrogen) atoms. The Bertz CT molecular complexity index is 463. The first kappa shape index (κ1) is 14.4. The third kappa shape index (κ3) is 3.50. The van der Waals surface area contributed by atoms with Gasteiger partial charge in [0.05, 0.1) is 5.56 Å². The topological polar surface area (TPSA) is 29.1 Å². The van der Waals surface area contributed by atoms with Crippen LogP contribution in [-0.2, 0) is 0 Å². The molecule has 1 fully saturated rings. The SMILES string of the molecule is CCSC1CCCC1NC(=O)c1cc(C)ccc1F. The van der Waals surface area contributed by atoms with Crippen LogP contribution in [0.25, 0.3) is 0 Å². The highest BCUT2D eigenvalue weighted by atomic mass is 32.2. The van der Waals surface area contributed by atoms with Gasteiger partial charge in [-0.2, -0.15) is 11.8 Å². The van der Waals surface area contributed by atoms with E-state index < -0.39 is 5.82 Å². The Labute approximate surface area is 118 Å². The van der Waals surface area contributed by atoms with Crippen LogP contribution in [-0.4, -0.2) is 23.0 Å². The molecule has 1 N–H and O–H groups in total. The lowest BCUT2D eigenvalue weighted by Gasteiger charge is -2.20. The van der Waals surface area contributed by atoms with Crippen molar-refractivity contribution < 1.29 is 9.18 Å². The molecule has 1 saturated carbocycles. The molecule has 2 atom stereocenters. The average molecular weight is 281 g/mol. The number of hydrogen-bond acceptors (Lipinski definition) is 2. The van der Waals surface area contributed by atoms with Gasteiger partial charge in [0.15, 0.2) is 0 Å². The Hall–Kier alpha value is -1.03. The van der Waals surface area contributed by atoms with Crippen molar-refractivity contribution in [2.75, 3.05) is 5.75 Å². The molecule has 4 heteroatoms. The van der Waals surface area contributed by atoms with E-state index in [1.165, 1.54) is 6.07 Å². The van der Waals surface area contributed by atoms with Crippen molar-refractivity contribution in [3.63, 3.8) is 0 Å².